The lowest BCUT2D eigenvalue weighted by atomic mass is 10.1. The van der Waals surface area contributed by atoms with Gasteiger partial charge in [-0.25, -0.2) is 4.39 Å². The van der Waals surface area contributed by atoms with Crippen LogP contribution in [0.1, 0.15) is 26.3 Å². The molecule has 35 heavy (non-hydrogen) atoms. The third-order valence-corrected chi connectivity index (χ3v) is 5.48. The summed E-state index contributed by atoms with van der Waals surface area (Å²) in [4.78, 5) is 38.1. The monoisotopic (exact) mass is 515 g/mol. The van der Waals surface area contributed by atoms with Gasteiger partial charge in [-0.05, 0) is 57.2 Å². The molecule has 3 amide bonds. The van der Waals surface area contributed by atoms with Crippen LogP contribution in [0.4, 0.5) is 28.9 Å². The highest BCUT2D eigenvalue weighted by atomic mass is 32.2. The molecule has 2 N–H and O–H groups in total. The second kappa shape index (κ2) is 11.4. The number of rotatable bonds is 8. The third-order valence-electron chi connectivity index (χ3n) is 4.32. The van der Waals surface area contributed by atoms with Crippen molar-refractivity contribution in [3.05, 3.63) is 59.9 Å². The van der Waals surface area contributed by atoms with Crippen LogP contribution in [0.5, 0.6) is 0 Å². The quantitative estimate of drug-likeness (QED) is 0.527. The molecule has 190 valence electrons. The Kier molecular flexibility index (Phi) is 9.13. The van der Waals surface area contributed by atoms with Gasteiger partial charge in [-0.1, -0.05) is 12.1 Å². The Hall–Kier alpha value is -3.28. The van der Waals surface area contributed by atoms with E-state index >= 15 is 0 Å². The first-order valence-corrected chi connectivity index (χ1v) is 11.8. The SMILES string of the molecule is CC(C)(C)NC(=O)CN(C(=O)CS(=O)CC(=O)Nc1ccc(F)cc1)c1ccccc1C(F)(F)F. The topological polar surface area (TPSA) is 95.6 Å². The first-order chi connectivity index (χ1) is 16.2. The molecule has 0 aliphatic heterocycles. The molecule has 2 aromatic carbocycles. The van der Waals surface area contributed by atoms with Gasteiger partial charge in [0.2, 0.25) is 17.7 Å². The van der Waals surface area contributed by atoms with Crippen molar-refractivity contribution in [1.29, 1.82) is 0 Å². The zero-order valence-electron chi connectivity index (χ0n) is 19.2. The van der Waals surface area contributed by atoms with E-state index in [9.17, 15) is 36.2 Å². The number of halogens is 4. The number of amides is 3. The summed E-state index contributed by atoms with van der Waals surface area (Å²) in [6, 6.07) is 9.00. The summed E-state index contributed by atoms with van der Waals surface area (Å²) in [7, 11) is -2.10. The average molecular weight is 516 g/mol. The van der Waals surface area contributed by atoms with Crippen LogP contribution in [0.15, 0.2) is 48.5 Å². The molecular formula is C23H25F4N3O4S. The van der Waals surface area contributed by atoms with Crippen molar-refractivity contribution in [3.63, 3.8) is 0 Å². The standard InChI is InChI=1S/C23H25F4N3O4S/c1-22(2,3)29-19(31)12-30(18-7-5-4-6-17(18)23(25,26)27)21(33)14-35(34)13-20(32)28-16-10-8-15(24)9-11-16/h4-11H,12-14H2,1-3H3,(H,28,32)(H,29,31). The second-order valence-corrected chi connectivity index (χ2v) is 10.0. The van der Waals surface area contributed by atoms with Gasteiger partial charge in [0, 0.05) is 22.0 Å². The van der Waals surface area contributed by atoms with Gasteiger partial charge in [-0.2, -0.15) is 13.2 Å². The average Bonchev–Trinajstić information content (AvgIpc) is 2.71. The predicted molar refractivity (Wildman–Crippen MR) is 125 cm³/mol. The van der Waals surface area contributed by atoms with E-state index in [0.29, 0.717) is 4.90 Å². The lowest BCUT2D eigenvalue weighted by molar-refractivity contribution is -0.137. The van der Waals surface area contributed by atoms with E-state index in [2.05, 4.69) is 10.6 Å². The van der Waals surface area contributed by atoms with Crippen LogP contribution in [0.3, 0.4) is 0 Å². The zero-order valence-corrected chi connectivity index (χ0v) is 20.1. The zero-order chi connectivity index (χ0) is 26.4. The van der Waals surface area contributed by atoms with Crippen molar-refractivity contribution in [2.24, 2.45) is 0 Å². The first-order valence-electron chi connectivity index (χ1n) is 10.3. The molecule has 0 heterocycles. The number of carbonyl (C=O) groups excluding carboxylic acids is 3. The summed E-state index contributed by atoms with van der Waals surface area (Å²) in [6.45, 7) is 4.24. The van der Waals surface area contributed by atoms with Crippen LogP contribution in [0.25, 0.3) is 0 Å². The van der Waals surface area contributed by atoms with Crippen LogP contribution in [0.2, 0.25) is 0 Å². The van der Waals surface area contributed by atoms with E-state index in [1.807, 2.05) is 0 Å². The lowest BCUT2D eigenvalue weighted by Crippen LogP contribution is -2.48. The molecule has 0 aromatic heterocycles. The van der Waals surface area contributed by atoms with Crippen molar-refractivity contribution in [1.82, 2.24) is 5.32 Å². The smallest absolute Gasteiger partial charge is 0.350 e. The van der Waals surface area contributed by atoms with Crippen molar-refractivity contribution in [2.75, 3.05) is 28.3 Å². The fraction of sp³-hybridized carbons (Fsp3) is 0.348. The van der Waals surface area contributed by atoms with Crippen LogP contribution in [0, 0.1) is 5.82 Å². The number of hydrogen-bond donors (Lipinski definition) is 2. The Balaban J connectivity index is 2.20. The molecule has 0 spiro atoms. The minimum Gasteiger partial charge on any atom is -0.350 e. The second-order valence-electron chi connectivity index (χ2n) is 8.58. The number of carbonyl (C=O) groups is 3. The molecule has 0 saturated heterocycles. The summed E-state index contributed by atoms with van der Waals surface area (Å²) >= 11 is 0. The summed E-state index contributed by atoms with van der Waals surface area (Å²) in [5.74, 6) is -4.44. The fourth-order valence-electron chi connectivity index (χ4n) is 3.00. The van der Waals surface area contributed by atoms with E-state index in [0.717, 1.165) is 30.3 Å². The van der Waals surface area contributed by atoms with Crippen molar-refractivity contribution in [2.45, 2.75) is 32.5 Å². The summed E-state index contributed by atoms with van der Waals surface area (Å²) < 4.78 is 66.2. The summed E-state index contributed by atoms with van der Waals surface area (Å²) in [5.41, 5.74) is -2.19. The maximum absolute atomic E-state index is 13.6. The van der Waals surface area contributed by atoms with Gasteiger partial charge >= 0.3 is 6.18 Å². The van der Waals surface area contributed by atoms with E-state index in [4.69, 9.17) is 0 Å². The van der Waals surface area contributed by atoms with Crippen LogP contribution in [-0.4, -0.2) is 45.5 Å². The van der Waals surface area contributed by atoms with Gasteiger partial charge in [-0.15, -0.1) is 0 Å². The number of nitrogens with zero attached hydrogens (tertiary/aromatic N) is 1. The molecule has 1 unspecified atom stereocenters. The number of para-hydroxylation sites is 1. The van der Waals surface area contributed by atoms with Gasteiger partial charge in [0.25, 0.3) is 0 Å². The molecule has 0 bridgehead atoms. The third kappa shape index (κ3) is 9.12. The maximum atomic E-state index is 13.6. The lowest BCUT2D eigenvalue weighted by Gasteiger charge is -2.28. The van der Waals surface area contributed by atoms with Gasteiger partial charge in [-0.3, -0.25) is 18.6 Å². The minimum absolute atomic E-state index is 0.235. The minimum atomic E-state index is -4.82. The van der Waals surface area contributed by atoms with Gasteiger partial charge in [0.05, 0.1) is 11.3 Å². The van der Waals surface area contributed by atoms with Crippen molar-refractivity contribution < 1.29 is 36.2 Å². The fourth-order valence-corrected chi connectivity index (χ4v) is 3.90. The van der Waals surface area contributed by atoms with Crippen molar-refractivity contribution in [3.8, 4) is 0 Å². The van der Waals surface area contributed by atoms with E-state index in [1.165, 1.54) is 18.2 Å². The van der Waals surface area contributed by atoms with Crippen LogP contribution in [-0.2, 0) is 31.4 Å². The van der Waals surface area contributed by atoms with E-state index in [-0.39, 0.29) is 5.69 Å². The van der Waals surface area contributed by atoms with E-state index in [1.54, 1.807) is 20.8 Å². The Morgan fingerprint density at radius 1 is 0.914 bits per heavy atom. The molecule has 0 aliphatic rings. The number of nitrogens with one attached hydrogen (secondary N) is 2. The highest BCUT2D eigenvalue weighted by Crippen LogP contribution is 2.36. The summed E-state index contributed by atoms with van der Waals surface area (Å²) in [6.07, 6.45) is -4.82. The highest BCUT2D eigenvalue weighted by molar-refractivity contribution is 7.86. The molecule has 0 fully saturated rings. The highest BCUT2D eigenvalue weighted by Gasteiger charge is 2.36. The Labute approximate surface area is 202 Å². The Bertz CT molecular complexity index is 1100. The molecule has 2 rings (SSSR count). The normalized spacial score (nSPS) is 12.5. The number of benzene rings is 2. The number of alkyl halides is 3. The van der Waals surface area contributed by atoms with Gasteiger partial charge in [0.1, 0.15) is 23.9 Å². The molecule has 1 atom stereocenters. The molecule has 0 saturated carbocycles. The molecular weight excluding hydrogens is 490 g/mol. The van der Waals surface area contributed by atoms with Crippen molar-refractivity contribution >= 4 is 39.9 Å². The first kappa shape index (κ1) is 28.0. The molecule has 12 heteroatoms. The number of hydrogen-bond acceptors (Lipinski definition) is 4. The summed E-state index contributed by atoms with van der Waals surface area (Å²) in [5, 5.41) is 4.95. The Morgan fingerprint density at radius 3 is 2.09 bits per heavy atom. The van der Waals surface area contributed by atoms with Gasteiger partial charge < -0.3 is 15.5 Å². The van der Waals surface area contributed by atoms with E-state index < -0.39 is 75.4 Å². The van der Waals surface area contributed by atoms with Crippen LogP contribution >= 0.6 is 0 Å². The number of anilines is 2. The Morgan fingerprint density at radius 2 is 1.51 bits per heavy atom. The van der Waals surface area contributed by atoms with Gasteiger partial charge in [0.15, 0.2) is 0 Å². The predicted octanol–water partition coefficient (Wildman–Crippen LogP) is 3.48. The maximum Gasteiger partial charge on any atom is 0.418 e. The molecule has 0 aliphatic carbocycles. The molecule has 0 radical (unpaired) electrons. The largest absolute Gasteiger partial charge is 0.418 e. The molecule has 2 aromatic rings. The molecule has 7 nitrogen and oxygen atoms in total. The van der Waals surface area contributed by atoms with Crippen LogP contribution < -0.4 is 15.5 Å².